The van der Waals surface area contributed by atoms with Crippen molar-refractivity contribution in [3.63, 3.8) is 0 Å². The summed E-state index contributed by atoms with van der Waals surface area (Å²) in [7, 11) is 1.53. The molecule has 3 aromatic rings. The standard InChI is InChI=1S/C25H28FN5O2/c1-14(2)9-11-31-21(13-20-22(24(31)32)15(3)29-25(27)30-20)17-8-7-16(26)12-19(17)18-6-5-10-28-23(18)33-4/h5-8,10,12,14,21H,9,11,13H2,1-4H3,(H2,27,29,30)/t21-/m1/s1. The van der Waals surface area contributed by atoms with Gasteiger partial charge in [0, 0.05) is 24.7 Å². The van der Waals surface area contributed by atoms with Gasteiger partial charge in [-0.05, 0) is 54.7 Å². The van der Waals surface area contributed by atoms with Crippen molar-refractivity contribution in [1.82, 2.24) is 19.9 Å². The van der Waals surface area contributed by atoms with Crippen molar-refractivity contribution in [2.45, 2.75) is 39.7 Å². The molecular weight excluding hydrogens is 421 g/mol. The van der Waals surface area contributed by atoms with Crippen molar-refractivity contribution in [3.8, 4) is 17.0 Å². The molecule has 1 aliphatic rings. The molecule has 0 spiro atoms. The number of hydrogen-bond acceptors (Lipinski definition) is 6. The predicted octanol–water partition coefficient (Wildman–Crippen LogP) is 4.36. The number of pyridine rings is 1. The average molecular weight is 450 g/mol. The number of rotatable bonds is 6. The summed E-state index contributed by atoms with van der Waals surface area (Å²) in [4.78, 5) is 28.4. The van der Waals surface area contributed by atoms with E-state index in [1.54, 1.807) is 25.3 Å². The van der Waals surface area contributed by atoms with Crippen LogP contribution < -0.4 is 10.5 Å². The topological polar surface area (TPSA) is 94.2 Å². The molecule has 1 aromatic carbocycles. The van der Waals surface area contributed by atoms with E-state index in [0.29, 0.717) is 52.8 Å². The first-order valence-electron chi connectivity index (χ1n) is 11.0. The number of nitrogens with zero attached hydrogens (tertiary/aromatic N) is 4. The van der Waals surface area contributed by atoms with Gasteiger partial charge in [0.15, 0.2) is 0 Å². The van der Waals surface area contributed by atoms with Crippen molar-refractivity contribution in [1.29, 1.82) is 0 Å². The number of fused-ring (bicyclic) bond motifs is 1. The van der Waals surface area contributed by atoms with Gasteiger partial charge >= 0.3 is 0 Å². The zero-order valence-corrected chi connectivity index (χ0v) is 19.3. The predicted molar refractivity (Wildman–Crippen MR) is 124 cm³/mol. The van der Waals surface area contributed by atoms with Crippen LogP contribution in [0.15, 0.2) is 36.5 Å². The van der Waals surface area contributed by atoms with Crippen LogP contribution in [-0.4, -0.2) is 39.4 Å². The molecule has 2 N–H and O–H groups in total. The highest BCUT2D eigenvalue weighted by atomic mass is 19.1. The number of anilines is 1. The molecule has 0 unspecified atom stereocenters. The Hall–Kier alpha value is -3.55. The summed E-state index contributed by atoms with van der Waals surface area (Å²) in [5, 5.41) is 0. The zero-order chi connectivity index (χ0) is 23.7. The SMILES string of the molecule is COc1ncccc1-c1cc(F)ccc1[C@H]1Cc2nc(N)nc(C)c2C(=O)N1CCC(C)C. The number of benzene rings is 1. The normalized spacial score (nSPS) is 15.6. The van der Waals surface area contributed by atoms with Gasteiger partial charge in [-0.25, -0.2) is 19.3 Å². The molecule has 0 fully saturated rings. The Labute approximate surface area is 192 Å². The molecule has 1 atom stereocenters. The van der Waals surface area contributed by atoms with E-state index in [0.717, 1.165) is 12.0 Å². The van der Waals surface area contributed by atoms with E-state index in [1.165, 1.54) is 19.2 Å². The molecule has 0 saturated heterocycles. The van der Waals surface area contributed by atoms with Crippen LogP contribution in [0.4, 0.5) is 10.3 Å². The molecule has 0 radical (unpaired) electrons. The van der Waals surface area contributed by atoms with Crippen molar-refractivity contribution in [3.05, 3.63) is 64.9 Å². The highest BCUT2D eigenvalue weighted by Gasteiger charge is 2.37. The molecule has 1 amide bonds. The summed E-state index contributed by atoms with van der Waals surface area (Å²) in [6.07, 6.45) is 2.91. The molecule has 0 saturated carbocycles. The number of amides is 1. The van der Waals surface area contributed by atoms with Crippen molar-refractivity contribution in [2.75, 3.05) is 19.4 Å². The minimum absolute atomic E-state index is 0.132. The number of carbonyl (C=O) groups excluding carboxylic acids is 1. The zero-order valence-electron chi connectivity index (χ0n) is 19.3. The largest absolute Gasteiger partial charge is 0.481 e. The second kappa shape index (κ2) is 9.13. The molecule has 1 aliphatic heterocycles. The number of aromatic nitrogens is 3. The molecule has 2 aromatic heterocycles. The molecule has 172 valence electrons. The second-order valence-electron chi connectivity index (χ2n) is 8.68. The van der Waals surface area contributed by atoms with Gasteiger partial charge in [-0.1, -0.05) is 19.9 Å². The number of ether oxygens (including phenoxy) is 1. The van der Waals surface area contributed by atoms with Crippen molar-refractivity contribution < 1.29 is 13.9 Å². The minimum atomic E-state index is -0.377. The first-order chi connectivity index (χ1) is 15.8. The molecule has 7 nitrogen and oxygen atoms in total. The van der Waals surface area contributed by atoms with Crippen LogP contribution in [0.2, 0.25) is 0 Å². The van der Waals surface area contributed by atoms with Crippen LogP contribution in [0.1, 0.15) is 53.6 Å². The van der Waals surface area contributed by atoms with Gasteiger partial charge < -0.3 is 15.4 Å². The fourth-order valence-corrected chi connectivity index (χ4v) is 4.40. The van der Waals surface area contributed by atoms with Crippen LogP contribution in [0.25, 0.3) is 11.1 Å². The van der Waals surface area contributed by atoms with Gasteiger partial charge in [0.05, 0.1) is 30.1 Å². The van der Waals surface area contributed by atoms with E-state index in [9.17, 15) is 9.18 Å². The smallest absolute Gasteiger partial charge is 0.258 e. The van der Waals surface area contributed by atoms with Crippen LogP contribution in [-0.2, 0) is 6.42 Å². The second-order valence-corrected chi connectivity index (χ2v) is 8.68. The Bertz CT molecular complexity index is 1200. The lowest BCUT2D eigenvalue weighted by molar-refractivity contribution is 0.0633. The Balaban J connectivity index is 1.89. The number of hydrogen-bond donors (Lipinski definition) is 1. The number of aryl methyl sites for hydroxylation is 1. The van der Waals surface area contributed by atoms with Gasteiger partial charge in [-0.3, -0.25) is 4.79 Å². The van der Waals surface area contributed by atoms with Crippen LogP contribution in [0.3, 0.4) is 0 Å². The number of carbonyl (C=O) groups is 1. The highest BCUT2D eigenvalue weighted by Crippen LogP contribution is 2.40. The Kier molecular flexibility index (Phi) is 6.26. The van der Waals surface area contributed by atoms with Crippen LogP contribution in [0, 0.1) is 18.7 Å². The number of nitrogens with two attached hydrogens (primary N) is 1. The number of nitrogen functional groups attached to an aromatic ring is 1. The third-order valence-corrected chi connectivity index (χ3v) is 6.00. The maximum atomic E-state index is 14.4. The fraction of sp³-hybridized carbons (Fsp3) is 0.360. The maximum Gasteiger partial charge on any atom is 0.258 e. The van der Waals surface area contributed by atoms with E-state index in [2.05, 4.69) is 28.8 Å². The van der Waals surface area contributed by atoms with Crippen LogP contribution >= 0.6 is 0 Å². The monoisotopic (exact) mass is 449 g/mol. The first-order valence-corrected chi connectivity index (χ1v) is 11.0. The molecule has 33 heavy (non-hydrogen) atoms. The first kappa shape index (κ1) is 22.6. The average Bonchev–Trinajstić information content (AvgIpc) is 2.77. The third kappa shape index (κ3) is 4.37. The van der Waals surface area contributed by atoms with Gasteiger partial charge in [-0.15, -0.1) is 0 Å². The van der Waals surface area contributed by atoms with E-state index < -0.39 is 0 Å². The summed E-state index contributed by atoms with van der Waals surface area (Å²) in [5.41, 5.74) is 9.70. The maximum absolute atomic E-state index is 14.4. The third-order valence-electron chi connectivity index (χ3n) is 6.00. The van der Waals surface area contributed by atoms with E-state index in [-0.39, 0.29) is 23.7 Å². The van der Waals surface area contributed by atoms with Gasteiger partial charge in [0.1, 0.15) is 5.82 Å². The molecule has 3 heterocycles. The van der Waals surface area contributed by atoms with Gasteiger partial charge in [0.25, 0.3) is 5.91 Å². The molecule has 0 bridgehead atoms. The van der Waals surface area contributed by atoms with E-state index >= 15 is 0 Å². The van der Waals surface area contributed by atoms with Crippen molar-refractivity contribution in [2.24, 2.45) is 5.92 Å². The Morgan fingerprint density at radius 1 is 1.24 bits per heavy atom. The Morgan fingerprint density at radius 2 is 2.03 bits per heavy atom. The molecule has 4 rings (SSSR count). The summed E-state index contributed by atoms with van der Waals surface area (Å²) in [6.45, 7) is 6.58. The fourth-order valence-electron chi connectivity index (χ4n) is 4.40. The van der Waals surface area contributed by atoms with Crippen LogP contribution in [0.5, 0.6) is 5.88 Å². The highest BCUT2D eigenvalue weighted by molar-refractivity contribution is 5.98. The van der Waals surface area contributed by atoms with E-state index in [1.807, 2.05) is 11.0 Å². The minimum Gasteiger partial charge on any atom is -0.481 e. The molecule has 8 heteroatoms. The lowest BCUT2D eigenvalue weighted by Gasteiger charge is -2.38. The molecular formula is C25H28FN5O2. The lowest BCUT2D eigenvalue weighted by Crippen LogP contribution is -2.42. The summed E-state index contributed by atoms with van der Waals surface area (Å²) in [5.74, 6) is 0.436. The summed E-state index contributed by atoms with van der Waals surface area (Å²) < 4.78 is 19.9. The quantitative estimate of drug-likeness (QED) is 0.601. The van der Waals surface area contributed by atoms with Crippen molar-refractivity contribution >= 4 is 11.9 Å². The number of halogens is 1. The van der Waals surface area contributed by atoms with E-state index in [4.69, 9.17) is 10.5 Å². The Morgan fingerprint density at radius 3 is 2.76 bits per heavy atom. The summed E-state index contributed by atoms with van der Waals surface area (Å²) >= 11 is 0. The van der Waals surface area contributed by atoms with Gasteiger partial charge in [0.2, 0.25) is 11.8 Å². The summed E-state index contributed by atoms with van der Waals surface area (Å²) in [6, 6.07) is 7.89. The van der Waals surface area contributed by atoms with Gasteiger partial charge in [-0.2, -0.15) is 0 Å². The lowest BCUT2D eigenvalue weighted by atomic mass is 9.87. The number of methoxy groups -OCH3 is 1. The molecule has 0 aliphatic carbocycles.